The van der Waals surface area contributed by atoms with Crippen LogP contribution in [0.5, 0.6) is 0 Å². The molecule has 3 aromatic carbocycles. The molecule has 0 aliphatic carbocycles. The second-order valence-corrected chi connectivity index (χ2v) is 7.86. The summed E-state index contributed by atoms with van der Waals surface area (Å²) in [4.78, 5) is 12.9. The molecule has 0 saturated heterocycles. The maximum absolute atomic E-state index is 13.2. The van der Waals surface area contributed by atoms with Crippen molar-refractivity contribution in [3.63, 3.8) is 0 Å². The van der Waals surface area contributed by atoms with Crippen molar-refractivity contribution in [3.8, 4) is 0 Å². The lowest BCUT2D eigenvalue weighted by molar-refractivity contribution is 0.102. The van der Waals surface area contributed by atoms with Crippen molar-refractivity contribution in [2.45, 2.75) is 34.2 Å². The Balaban J connectivity index is 1.67. The minimum absolute atomic E-state index is 0.117. The number of nitrogens with one attached hydrogen (secondary N) is 1. The Hall–Kier alpha value is -3.40. The van der Waals surface area contributed by atoms with E-state index in [1.807, 2.05) is 62.4 Å². The van der Waals surface area contributed by atoms with Gasteiger partial charge in [0.05, 0.1) is 0 Å². The van der Waals surface area contributed by atoms with Gasteiger partial charge in [-0.3, -0.25) is 4.79 Å². The van der Waals surface area contributed by atoms with E-state index >= 15 is 0 Å². The highest BCUT2D eigenvalue weighted by Gasteiger charge is 2.15. The number of amides is 1. The summed E-state index contributed by atoms with van der Waals surface area (Å²) >= 11 is 0. The Morgan fingerprint density at radius 2 is 1.67 bits per heavy atom. The normalized spacial score (nSPS) is 11.1. The van der Waals surface area contributed by atoms with Gasteiger partial charge >= 0.3 is 0 Å². The van der Waals surface area contributed by atoms with Crippen molar-refractivity contribution in [1.29, 1.82) is 0 Å². The van der Waals surface area contributed by atoms with E-state index in [1.165, 1.54) is 12.1 Å². The fourth-order valence-corrected chi connectivity index (χ4v) is 3.85. The van der Waals surface area contributed by atoms with Crippen LogP contribution in [0.15, 0.2) is 60.7 Å². The summed E-state index contributed by atoms with van der Waals surface area (Å²) in [5, 5.41) is 4.10. The number of hydrogen-bond donors (Lipinski definition) is 1. The number of anilines is 1. The highest BCUT2D eigenvalue weighted by Crippen LogP contribution is 2.28. The summed E-state index contributed by atoms with van der Waals surface area (Å²) in [7, 11) is 0. The fraction of sp³-hybridized carbons (Fsp3) is 0.192. The molecule has 1 heterocycles. The summed E-state index contributed by atoms with van der Waals surface area (Å²) in [6.45, 7) is 8.86. The molecular weight excluding hydrogens is 375 g/mol. The van der Waals surface area contributed by atoms with Gasteiger partial charge in [-0.2, -0.15) is 0 Å². The third-order valence-electron chi connectivity index (χ3n) is 6.01. The third-order valence-corrected chi connectivity index (χ3v) is 6.01. The predicted molar refractivity (Wildman–Crippen MR) is 121 cm³/mol. The molecule has 3 nitrogen and oxygen atoms in total. The Kier molecular flexibility index (Phi) is 5.17. The molecule has 1 N–H and O–H groups in total. The van der Waals surface area contributed by atoms with Gasteiger partial charge in [-0.1, -0.05) is 24.3 Å². The first-order chi connectivity index (χ1) is 14.3. The summed E-state index contributed by atoms with van der Waals surface area (Å²) in [6.07, 6.45) is 0. The number of benzene rings is 3. The van der Waals surface area contributed by atoms with Gasteiger partial charge in [0, 0.05) is 34.4 Å². The van der Waals surface area contributed by atoms with Crippen LogP contribution in [0, 0.1) is 33.5 Å². The zero-order valence-corrected chi connectivity index (χ0v) is 17.7. The molecule has 0 saturated carbocycles. The lowest BCUT2D eigenvalue weighted by Gasteiger charge is -2.11. The SMILES string of the molecule is Cc1cccc(NC(=O)c2ccc3c(c2)c(C)c(C)n3Cc2ccc(F)cc2)c1C. The van der Waals surface area contributed by atoms with Crippen molar-refractivity contribution in [2.24, 2.45) is 0 Å². The number of hydrogen-bond acceptors (Lipinski definition) is 1. The van der Waals surface area contributed by atoms with Crippen LogP contribution in [-0.4, -0.2) is 10.5 Å². The van der Waals surface area contributed by atoms with Crippen LogP contribution in [0.25, 0.3) is 10.9 Å². The Morgan fingerprint density at radius 1 is 0.933 bits per heavy atom. The Bertz CT molecular complexity index is 1250. The number of nitrogens with zero attached hydrogens (tertiary/aromatic N) is 1. The molecular formula is C26H25FN2O. The first-order valence-corrected chi connectivity index (χ1v) is 10.1. The number of fused-ring (bicyclic) bond motifs is 1. The molecule has 0 unspecified atom stereocenters. The molecule has 1 aromatic heterocycles. The lowest BCUT2D eigenvalue weighted by Crippen LogP contribution is -2.13. The van der Waals surface area contributed by atoms with Crippen molar-refractivity contribution in [2.75, 3.05) is 5.32 Å². The fourth-order valence-electron chi connectivity index (χ4n) is 3.85. The zero-order chi connectivity index (χ0) is 21.4. The molecule has 0 atom stereocenters. The molecule has 4 rings (SSSR count). The highest BCUT2D eigenvalue weighted by molar-refractivity contribution is 6.07. The second-order valence-electron chi connectivity index (χ2n) is 7.86. The van der Waals surface area contributed by atoms with Gasteiger partial charge < -0.3 is 9.88 Å². The third kappa shape index (κ3) is 3.61. The number of rotatable bonds is 4. The molecule has 0 aliphatic rings. The molecule has 1 amide bonds. The van der Waals surface area contributed by atoms with Gasteiger partial charge in [0.2, 0.25) is 0 Å². The summed E-state index contributed by atoms with van der Waals surface area (Å²) in [5.74, 6) is -0.350. The molecule has 0 bridgehead atoms. The molecule has 4 heteroatoms. The van der Waals surface area contributed by atoms with Crippen LogP contribution < -0.4 is 5.32 Å². The Morgan fingerprint density at radius 3 is 2.40 bits per heavy atom. The zero-order valence-electron chi connectivity index (χ0n) is 17.7. The summed E-state index contributed by atoms with van der Waals surface area (Å²) in [5.41, 5.74) is 8.07. The quantitative estimate of drug-likeness (QED) is 0.428. The van der Waals surface area contributed by atoms with Gasteiger partial charge in [-0.25, -0.2) is 4.39 Å². The molecule has 0 fully saturated rings. The molecule has 4 aromatic rings. The van der Waals surface area contributed by atoms with E-state index < -0.39 is 0 Å². The van der Waals surface area contributed by atoms with E-state index in [2.05, 4.69) is 23.7 Å². The van der Waals surface area contributed by atoms with Gasteiger partial charge in [0.25, 0.3) is 5.91 Å². The van der Waals surface area contributed by atoms with E-state index in [-0.39, 0.29) is 11.7 Å². The van der Waals surface area contributed by atoms with E-state index in [0.29, 0.717) is 12.1 Å². The number of carbonyl (C=O) groups excluding carboxylic acids is 1. The lowest BCUT2D eigenvalue weighted by atomic mass is 10.1. The first kappa shape index (κ1) is 19.9. The van der Waals surface area contributed by atoms with Crippen molar-refractivity contribution in [3.05, 3.63) is 100.0 Å². The van der Waals surface area contributed by atoms with Gasteiger partial charge in [0.1, 0.15) is 5.82 Å². The number of carbonyl (C=O) groups is 1. The van der Waals surface area contributed by atoms with Crippen LogP contribution in [0.3, 0.4) is 0 Å². The number of halogens is 1. The molecule has 30 heavy (non-hydrogen) atoms. The van der Waals surface area contributed by atoms with Crippen LogP contribution in [0.1, 0.15) is 38.3 Å². The Labute approximate surface area is 176 Å². The first-order valence-electron chi connectivity index (χ1n) is 10.1. The average Bonchev–Trinajstić information content (AvgIpc) is 2.97. The van der Waals surface area contributed by atoms with E-state index in [0.717, 1.165) is 44.5 Å². The van der Waals surface area contributed by atoms with Crippen molar-refractivity contribution in [1.82, 2.24) is 4.57 Å². The standard InChI is InChI=1S/C26H25FN2O/c1-16-6-5-7-24(17(16)2)28-26(30)21-10-13-25-23(14-21)18(3)19(4)29(25)15-20-8-11-22(27)12-9-20/h5-14H,15H2,1-4H3,(H,28,30). The monoisotopic (exact) mass is 400 g/mol. The van der Waals surface area contributed by atoms with Crippen molar-refractivity contribution < 1.29 is 9.18 Å². The van der Waals surface area contributed by atoms with Crippen LogP contribution in [-0.2, 0) is 6.54 Å². The maximum atomic E-state index is 13.2. The summed E-state index contributed by atoms with van der Waals surface area (Å²) in [6, 6.07) is 18.3. The molecule has 0 aliphatic heterocycles. The van der Waals surface area contributed by atoms with Gasteiger partial charge in [-0.05, 0) is 86.3 Å². The second kappa shape index (κ2) is 7.79. The van der Waals surface area contributed by atoms with Crippen LogP contribution in [0.4, 0.5) is 10.1 Å². The van der Waals surface area contributed by atoms with E-state index in [1.54, 1.807) is 0 Å². The number of aromatic nitrogens is 1. The predicted octanol–water partition coefficient (Wildman–Crippen LogP) is 6.31. The van der Waals surface area contributed by atoms with Gasteiger partial charge in [-0.15, -0.1) is 0 Å². The topological polar surface area (TPSA) is 34.0 Å². The minimum Gasteiger partial charge on any atom is -0.340 e. The van der Waals surface area contributed by atoms with E-state index in [9.17, 15) is 9.18 Å². The largest absolute Gasteiger partial charge is 0.340 e. The van der Waals surface area contributed by atoms with Crippen molar-refractivity contribution >= 4 is 22.5 Å². The maximum Gasteiger partial charge on any atom is 0.255 e. The van der Waals surface area contributed by atoms with E-state index in [4.69, 9.17) is 0 Å². The number of aryl methyl sites for hydroxylation is 2. The minimum atomic E-state index is -0.233. The smallest absolute Gasteiger partial charge is 0.255 e. The average molecular weight is 400 g/mol. The summed E-state index contributed by atoms with van der Waals surface area (Å²) < 4.78 is 15.5. The van der Waals surface area contributed by atoms with Gasteiger partial charge in [0.15, 0.2) is 0 Å². The molecule has 0 radical (unpaired) electrons. The molecule has 152 valence electrons. The highest BCUT2D eigenvalue weighted by atomic mass is 19.1. The molecule has 0 spiro atoms. The van der Waals surface area contributed by atoms with Crippen LogP contribution >= 0.6 is 0 Å². The van der Waals surface area contributed by atoms with Crippen LogP contribution in [0.2, 0.25) is 0 Å².